The van der Waals surface area contributed by atoms with Crippen LogP contribution in [0.3, 0.4) is 0 Å². The summed E-state index contributed by atoms with van der Waals surface area (Å²) in [7, 11) is 3.65. The second kappa shape index (κ2) is 13.5. The summed E-state index contributed by atoms with van der Waals surface area (Å²) in [6.07, 6.45) is 5.95. The Balaban J connectivity index is 1.85. The van der Waals surface area contributed by atoms with E-state index in [1.54, 1.807) is 23.2 Å². The van der Waals surface area contributed by atoms with Crippen molar-refractivity contribution < 1.29 is 19.1 Å². The van der Waals surface area contributed by atoms with Gasteiger partial charge in [0.1, 0.15) is 12.2 Å². The Morgan fingerprint density at radius 3 is 2.46 bits per heavy atom. The number of halogens is 1. The summed E-state index contributed by atoms with van der Waals surface area (Å²) in [6, 6.07) is 6.41. The Labute approximate surface area is 230 Å². The molecule has 0 spiro atoms. The van der Waals surface area contributed by atoms with Gasteiger partial charge in [0.15, 0.2) is 0 Å². The van der Waals surface area contributed by atoms with Gasteiger partial charge in [0, 0.05) is 24.9 Å². The lowest BCUT2D eigenvalue weighted by molar-refractivity contribution is -0.138. The second-order valence-corrected chi connectivity index (χ2v) is 10.9. The molecule has 210 valence electrons. The summed E-state index contributed by atoms with van der Waals surface area (Å²) < 4.78 is 14.6. The zero-order valence-corrected chi connectivity index (χ0v) is 23.7. The van der Waals surface area contributed by atoms with Crippen LogP contribution in [0.1, 0.15) is 49.4 Å². The number of nitrogens with one attached hydrogen (secondary N) is 1. The van der Waals surface area contributed by atoms with Gasteiger partial charge in [-0.1, -0.05) is 38.1 Å². The van der Waals surface area contributed by atoms with Crippen molar-refractivity contribution in [2.75, 3.05) is 27.2 Å². The van der Waals surface area contributed by atoms with Gasteiger partial charge in [-0.05, 0) is 74.7 Å². The fourth-order valence-electron chi connectivity index (χ4n) is 4.86. The average Bonchev–Trinajstić information content (AvgIpc) is 2.86. The number of hydrogen-bond donors (Lipinski definition) is 2. The van der Waals surface area contributed by atoms with Gasteiger partial charge < -0.3 is 20.2 Å². The van der Waals surface area contributed by atoms with E-state index in [9.17, 15) is 19.1 Å². The number of aryl methyl sites for hydroxylation is 2. The highest BCUT2D eigenvalue weighted by Gasteiger charge is 2.30. The van der Waals surface area contributed by atoms with Gasteiger partial charge >= 0.3 is 5.97 Å². The van der Waals surface area contributed by atoms with Crippen LogP contribution in [-0.4, -0.2) is 76.4 Å². The van der Waals surface area contributed by atoms with E-state index in [1.165, 1.54) is 6.20 Å². The minimum absolute atomic E-state index is 0.207. The fraction of sp³-hybridized carbons (Fsp3) is 0.467. The average molecular weight is 538 g/mol. The highest BCUT2D eigenvalue weighted by Crippen LogP contribution is 2.28. The molecule has 2 N–H and O–H groups in total. The predicted octanol–water partition coefficient (Wildman–Crippen LogP) is 4.46. The van der Waals surface area contributed by atoms with E-state index in [2.05, 4.69) is 15.5 Å². The van der Waals surface area contributed by atoms with E-state index in [1.807, 2.05) is 71.0 Å². The number of allylic oxidation sites excluding steroid dienone is 1. The molecule has 1 aromatic carbocycles. The van der Waals surface area contributed by atoms with Crippen molar-refractivity contribution >= 4 is 11.9 Å². The Morgan fingerprint density at radius 1 is 1.21 bits per heavy atom. The van der Waals surface area contributed by atoms with Crippen LogP contribution < -0.4 is 5.32 Å². The Hall–Kier alpha value is -3.59. The van der Waals surface area contributed by atoms with Crippen molar-refractivity contribution in [3.63, 3.8) is 0 Å². The molecule has 3 rings (SSSR count). The lowest BCUT2D eigenvalue weighted by atomic mass is 9.96. The molecule has 9 heteroatoms. The molecule has 0 aliphatic carbocycles. The molecule has 1 aromatic heterocycles. The number of carbonyl (C=O) groups excluding carboxylic acids is 1. The number of aromatic nitrogens is 2. The first-order valence-corrected chi connectivity index (χ1v) is 13.3. The van der Waals surface area contributed by atoms with Crippen LogP contribution in [0.25, 0.3) is 11.3 Å². The summed E-state index contributed by atoms with van der Waals surface area (Å²) in [5.74, 6) is -1.11. The molecule has 3 atom stereocenters. The molecular formula is C30H40FN5O3. The van der Waals surface area contributed by atoms with Gasteiger partial charge in [0.2, 0.25) is 5.91 Å². The molecule has 0 saturated carbocycles. The highest BCUT2D eigenvalue weighted by atomic mass is 19.1. The molecular weight excluding hydrogens is 497 g/mol. The second-order valence-electron chi connectivity index (χ2n) is 10.9. The van der Waals surface area contributed by atoms with Crippen molar-refractivity contribution in [2.45, 2.75) is 58.8 Å². The van der Waals surface area contributed by atoms with Gasteiger partial charge in [0.25, 0.3) is 0 Å². The molecule has 8 nitrogen and oxygen atoms in total. The van der Waals surface area contributed by atoms with Crippen LogP contribution in [0.5, 0.6) is 0 Å². The van der Waals surface area contributed by atoms with Crippen molar-refractivity contribution in [1.82, 2.24) is 25.3 Å². The van der Waals surface area contributed by atoms with Crippen LogP contribution in [0.4, 0.5) is 4.39 Å². The van der Waals surface area contributed by atoms with Crippen molar-refractivity contribution in [3.8, 4) is 11.3 Å². The number of carboxylic acid groups (broad SMARTS) is 1. The number of alkyl halides is 1. The third-order valence-corrected chi connectivity index (χ3v) is 6.79. The maximum absolute atomic E-state index is 14.6. The molecule has 1 amide bonds. The lowest BCUT2D eigenvalue weighted by Crippen LogP contribution is -2.47. The quantitative estimate of drug-likeness (QED) is 0.412. The maximum Gasteiger partial charge on any atom is 0.305 e. The first-order chi connectivity index (χ1) is 18.5. The summed E-state index contributed by atoms with van der Waals surface area (Å²) >= 11 is 0. The van der Waals surface area contributed by atoms with Gasteiger partial charge in [-0.25, -0.2) is 4.39 Å². The van der Waals surface area contributed by atoms with E-state index in [4.69, 9.17) is 0 Å². The smallest absolute Gasteiger partial charge is 0.305 e. The van der Waals surface area contributed by atoms with E-state index in [0.717, 1.165) is 16.7 Å². The molecule has 1 unspecified atom stereocenters. The SMILES string of the molecule is Cc1cccc(C)c1-c1cc([C@H](CC(=O)O)NC(=O)[C@H](CC(C)C)N2C=CC(C(F)CN(C)C)=CC2)cnn1. The van der Waals surface area contributed by atoms with Crippen LogP contribution in [-0.2, 0) is 9.59 Å². The molecule has 0 saturated heterocycles. The van der Waals surface area contributed by atoms with Crippen molar-refractivity contribution in [2.24, 2.45) is 5.92 Å². The third kappa shape index (κ3) is 8.20. The molecule has 0 radical (unpaired) electrons. The number of rotatable bonds is 12. The number of carbonyl (C=O) groups is 2. The molecule has 1 aliphatic rings. The van der Waals surface area contributed by atoms with E-state index in [-0.39, 0.29) is 24.8 Å². The van der Waals surface area contributed by atoms with Gasteiger partial charge in [0.05, 0.1) is 24.4 Å². The molecule has 0 bridgehead atoms. The van der Waals surface area contributed by atoms with Gasteiger partial charge in [-0.15, -0.1) is 0 Å². The maximum atomic E-state index is 14.6. The molecule has 2 heterocycles. The molecule has 0 fully saturated rings. The lowest BCUT2D eigenvalue weighted by Gasteiger charge is -2.33. The predicted molar refractivity (Wildman–Crippen MR) is 151 cm³/mol. The molecule has 2 aromatic rings. The Kier molecular flexibility index (Phi) is 10.3. The molecule has 1 aliphatic heterocycles. The molecule has 39 heavy (non-hydrogen) atoms. The van der Waals surface area contributed by atoms with Gasteiger partial charge in [-0.2, -0.15) is 10.2 Å². The highest BCUT2D eigenvalue weighted by molar-refractivity contribution is 5.83. The number of nitrogens with zero attached hydrogens (tertiary/aromatic N) is 4. The summed E-state index contributed by atoms with van der Waals surface area (Å²) in [4.78, 5) is 29.1. The Morgan fingerprint density at radius 2 is 1.90 bits per heavy atom. The first-order valence-electron chi connectivity index (χ1n) is 13.3. The Bertz CT molecular complexity index is 1210. The van der Waals surface area contributed by atoms with Gasteiger partial charge in [-0.3, -0.25) is 9.59 Å². The number of benzene rings is 1. The number of amides is 1. The summed E-state index contributed by atoms with van der Waals surface area (Å²) in [6.45, 7) is 8.71. The summed E-state index contributed by atoms with van der Waals surface area (Å²) in [5, 5.41) is 21.1. The third-order valence-electron chi connectivity index (χ3n) is 6.79. The van der Waals surface area contributed by atoms with E-state index < -0.39 is 24.2 Å². The van der Waals surface area contributed by atoms with Crippen molar-refractivity contribution in [3.05, 3.63) is 71.1 Å². The van der Waals surface area contributed by atoms with Crippen molar-refractivity contribution in [1.29, 1.82) is 0 Å². The monoisotopic (exact) mass is 537 g/mol. The summed E-state index contributed by atoms with van der Waals surface area (Å²) in [5.41, 5.74) is 4.79. The fourth-order valence-corrected chi connectivity index (χ4v) is 4.86. The minimum Gasteiger partial charge on any atom is -0.481 e. The van der Waals surface area contributed by atoms with Crippen LogP contribution >= 0.6 is 0 Å². The number of carboxylic acids is 1. The zero-order valence-electron chi connectivity index (χ0n) is 23.7. The standard InChI is InChI=1S/C30H40FN5O3/c1-19(2)14-27(36-12-10-22(11-13-36)24(31)18-35(5)6)30(39)33-25(16-28(37)38)23-15-26(34-32-17-23)29-20(3)8-7-9-21(29)4/h7-12,15,17,19,24-25,27H,13-14,16,18H2,1-6H3,(H,33,39)(H,37,38)/t24?,25-,27-/m0/s1. The van der Waals surface area contributed by atoms with Crippen LogP contribution in [0.2, 0.25) is 0 Å². The van der Waals surface area contributed by atoms with E-state index >= 15 is 0 Å². The topological polar surface area (TPSA) is 98.7 Å². The van der Waals surface area contributed by atoms with E-state index in [0.29, 0.717) is 29.8 Å². The van der Waals surface area contributed by atoms with Crippen LogP contribution in [0, 0.1) is 19.8 Å². The number of aliphatic carboxylic acids is 1. The largest absolute Gasteiger partial charge is 0.481 e. The first kappa shape index (κ1) is 30.0. The zero-order chi connectivity index (χ0) is 28.7. The number of hydrogen-bond acceptors (Lipinski definition) is 6. The van der Waals surface area contributed by atoms with Crippen LogP contribution in [0.15, 0.2) is 54.4 Å². The normalized spacial score (nSPS) is 15.7. The minimum atomic E-state index is -1.11.